The van der Waals surface area contributed by atoms with Crippen molar-refractivity contribution >= 4 is 104 Å². The number of aliphatic hydroxyl groups is 4. The number of nitrogens with zero attached hydrogens (tertiary/aromatic N) is 10. The second kappa shape index (κ2) is 27.0. The summed E-state index contributed by atoms with van der Waals surface area (Å²) in [5.74, 6) is 9.84. The van der Waals surface area contributed by atoms with E-state index in [4.69, 9.17) is 60.0 Å². The SMILES string of the molecule is C#CCC1CCN(C(=O)Oc2ccccc2Cl)CC1.Nc1nc(C#CCC2CCN(C(=O)Oc3ccccc3Cl)CC2)nc2c1ncn2[C@@H]1O[C@H](C(=O)NC2CC2)C(O)[C@@H]1O.Nc1nc(I)nc2c1ncn2[C@@H]1O[C@H](C(=O)NC2CC2)C(O)[C@@H]1O. The molecule has 6 aliphatic rings. The minimum absolute atomic E-state index is 0.0792. The Labute approximate surface area is 510 Å². The van der Waals surface area contributed by atoms with Gasteiger partial charge < -0.3 is 71.3 Å². The largest absolute Gasteiger partial charge is 0.415 e. The van der Waals surface area contributed by atoms with Crippen LogP contribution in [0.1, 0.15) is 82.5 Å². The fourth-order valence-corrected chi connectivity index (χ4v) is 10.8. The first-order valence-electron chi connectivity index (χ1n) is 27.6. The number of piperidine rings is 2. The smallest absolute Gasteiger partial charge is 0.409 e. The van der Waals surface area contributed by atoms with Crippen molar-refractivity contribution in [2.24, 2.45) is 11.8 Å². The molecular weight excluding hydrogens is 1260 g/mol. The predicted octanol–water partition coefficient (Wildman–Crippen LogP) is 4.10. The number of aromatic nitrogens is 8. The predicted molar refractivity (Wildman–Crippen MR) is 315 cm³/mol. The molecule has 448 valence electrons. The van der Waals surface area contributed by atoms with Crippen LogP contribution in [0, 0.1) is 39.9 Å². The number of nitrogens with two attached hydrogens (primary N) is 2. The van der Waals surface area contributed by atoms with Crippen molar-refractivity contribution in [3.05, 3.63) is 80.9 Å². The molecule has 12 rings (SSSR count). The van der Waals surface area contributed by atoms with Crippen LogP contribution in [0.4, 0.5) is 21.2 Å². The number of likely N-dealkylation sites (tertiary alicyclic amines) is 2. The Hall–Kier alpha value is -7.19. The van der Waals surface area contributed by atoms with Gasteiger partial charge >= 0.3 is 12.2 Å². The molecule has 0 bridgehead atoms. The molecule has 26 nitrogen and oxygen atoms in total. The topological polar surface area (TPSA) is 356 Å². The van der Waals surface area contributed by atoms with Gasteiger partial charge in [0.25, 0.3) is 11.8 Å². The summed E-state index contributed by atoms with van der Waals surface area (Å²) in [5, 5.41) is 48.0. The fourth-order valence-electron chi connectivity index (χ4n) is 9.96. The van der Waals surface area contributed by atoms with E-state index in [0.29, 0.717) is 75.1 Å². The molecule has 29 heteroatoms. The maximum atomic E-state index is 12.5. The third-order valence-corrected chi connectivity index (χ3v) is 16.2. The molecule has 2 aliphatic carbocycles. The molecule has 0 radical (unpaired) electrons. The number of fused-ring (bicyclic) bond motifs is 2. The van der Waals surface area contributed by atoms with E-state index in [1.807, 2.05) is 22.6 Å². The van der Waals surface area contributed by atoms with E-state index in [1.54, 1.807) is 58.3 Å². The van der Waals surface area contributed by atoms with Crippen molar-refractivity contribution in [2.75, 3.05) is 37.6 Å². The number of hydrogen-bond acceptors (Lipinski definition) is 20. The number of imidazole rings is 2. The lowest BCUT2D eigenvalue weighted by molar-refractivity contribution is -0.138. The van der Waals surface area contributed by atoms with Crippen molar-refractivity contribution < 1.29 is 58.6 Å². The summed E-state index contributed by atoms with van der Waals surface area (Å²) < 4.78 is 25.4. The molecule has 6 aromatic rings. The summed E-state index contributed by atoms with van der Waals surface area (Å²) in [6, 6.07) is 14.0. The maximum absolute atomic E-state index is 12.5. The number of halogens is 3. The number of terminal acetylenes is 1. The molecule has 4 amide bonds. The number of benzene rings is 2. The van der Waals surface area contributed by atoms with Crippen molar-refractivity contribution in [3.8, 4) is 35.7 Å². The maximum Gasteiger partial charge on any atom is 0.415 e. The van der Waals surface area contributed by atoms with Gasteiger partial charge in [-0.25, -0.2) is 39.5 Å². The Morgan fingerprint density at radius 1 is 0.635 bits per heavy atom. The monoisotopic (exact) mass is 1320 g/mol. The molecule has 6 fully saturated rings. The van der Waals surface area contributed by atoms with Gasteiger partial charge in [0.05, 0.1) is 22.7 Å². The van der Waals surface area contributed by atoms with Gasteiger partial charge in [-0.2, -0.15) is 0 Å². The standard InChI is InChI=1S/C28H30ClN7O6.C15H16ClNO2.C13H15IN6O4/c29-17-5-1-2-6-18(17)41-28(40)35-12-10-15(11-13-35)4-3-7-19-33-24(30)20-25(34-19)36(14-31-20)27-22(38)21(37)23(42-27)26(39)32-16-8-9-16;1-2-5-12-8-10-17(11-9-12)15(18)19-14-7-4-3-6-13(14)16;14-13-18-9(15)5-10(19-13)20(3-16-5)12-7(22)6(21)8(24-12)11(23)17-4-1-2-4/h1-2,5-6,14-16,21-23,27,37-38H,4,8-13H2,(H,32,39)(H2,30,33,34);1,3-4,6-7,12H,5,8-11H2;3-4,6-8,12,21-22H,1-2H2,(H,17,23)(H2,15,18,19)/t21?,22-,23-,27+;;6?,7-,8-,12+/m0.0/s1. The highest BCUT2D eigenvalue weighted by Gasteiger charge is 2.50. The highest BCUT2D eigenvalue weighted by molar-refractivity contribution is 14.1. The Kier molecular flexibility index (Phi) is 19.4. The molecule has 4 aliphatic heterocycles. The summed E-state index contributed by atoms with van der Waals surface area (Å²) in [4.78, 5) is 77.9. The number of carbonyl (C=O) groups excluding carboxylic acids is 4. The van der Waals surface area contributed by atoms with Gasteiger partial charge in [-0.1, -0.05) is 53.4 Å². The van der Waals surface area contributed by atoms with Gasteiger partial charge in [-0.15, -0.1) is 12.3 Å². The summed E-state index contributed by atoms with van der Waals surface area (Å²) >= 11 is 14.0. The van der Waals surface area contributed by atoms with Gasteiger partial charge in [0.2, 0.25) is 5.82 Å². The zero-order valence-electron chi connectivity index (χ0n) is 45.5. The lowest BCUT2D eigenvalue weighted by Crippen LogP contribution is -2.43. The lowest BCUT2D eigenvalue weighted by atomic mass is 9.94. The average molecular weight is 1320 g/mol. The number of rotatable bonds is 10. The van der Waals surface area contributed by atoms with E-state index in [0.717, 1.165) is 57.8 Å². The molecule has 2 aromatic carbocycles. The van der Waals surface area contributed by atoms with Crippen molar-refractivity contribution in [2.45, 2.75) is 125 Å². The van der Waals surface area contributed by atoms with Gasteiger partial charge in [-0.05, 0) is 93.4 Å². The van der Waals surface area contributed by atoms with Crippen LogP contribution in [0.25, 0.3) is 22.3 Å². The Morgan fingerprint density at radius 3 is 1.52 bits per heavy atom. The molecule has 0 spiro atoms. The summed E-state index contributed by atoms with van der Waals surface area (Å²) in [5.41, 5.74) is 13.2. The van der Waals surface area contributed by atoms with Crippen LogP contribution in [0.3, 0.4) is 0 Å². The van der Waals surface area contributed by atoms with E-state index in [9.17, 15) is 39.6 Å². The number of aliphatic hydroxyl groups excluding tert-OH is 4. The number of amides is 4. The van der Waals surface area contributed by atoms with Crippen LogP contribution in [0.15, 0.2) is 61.2 Å². The van der Waals surface area contributed by atoms with E-state index in [-0.39, 0.29) is 52.7 Å². The number of anilines is 2. The number of para-hydroxylation sites is 2. The summed E-state index contributed by atoms with van der Waals surface area (Å²) in [6.07, 6.45) is 5.70. The molecule has 2 saturated carbocycles. The van der Waals surface area contributed by atoms with Crippen molar-refractivity contribution in [1.29, 1.82) is 0 Å². The normalized spacial score (nSPS) is 24.0. The highest BCUT2D eigenvalue weighted by Crippen LogP contribution is 2.36. The first kappa shape index (κ1) is 60.9. The van der Waals surface area contributed by atoms with Gasteiger partial charge in [-0.3, -0.25) is 18.7 Å². The van der Waals surface area contributed by atoms with Crippen molar-refractivity contribution in [1.82, 2.24) is 59.5 Å². The summed E-state index contributed by atoms with van der Waals surface area (Å²) in [6.45, 7) is 2.46. The van der Waals surface area contributed by atoms with Gasteiger partial charge in [0, 0.05) is 73.7 Å². The van der Waals surface area contributed by atoms with E-state index >= 15 is 0 Å². The molecule has 85 heavy (non-hydrogen) atoms. The second-order valence-corrected chi connectivity index (χ2v) is 23.0. The van der Waals surface area contributed by atoms with Crippen LogP contribution in [0.5, 0.6) is 11.5 Å². The Balaban J connectivity index is 0.000000157. The van der Waals surface area contributed by atoms with Crippen LogP contribution < -0.4 is 31.6 Å². The van der Waals surface area contributed by atoms with Crippen LogP contribution in [-0.2, 0) is 19.1 Å². The third kappa shape index (κ3) is 14.6. The average Bonchev–Trinajstić information content (AvgIpc) is 3.50. The highest BCUT2D eigenvalue weighted by atomic mass is 127. The number of carbonyl (C=O) groups is 4. The fraction of sp³-hybridized carbons (Fsp3) is 0.464. The summed E-state index contributed by atoms with van der Waals surface area (Å²) in [7, 11) is 0. The quantitative estimate of drug-likeness (QED) is 0.0544. The van der Waals surface area contributed by atoms with Crippen molar-refractivity contribution in [3.63, 3.8) is 0 Å². The third-order valence-electron chi connectivity index (χ3n) is 15.1. The minimum atomic E-state index is -1.42. The molecule has 4 aromatic heterocycles. The number of hydrogen-bond donors (Lipinski definition) is 8. The van der Waals surface area contributed by atoms with Gasteiger partial charge in [0.1, 0.15) is 35.4 Å². The molecule has 10 N–H and O–H groups in total. The first-order valence-corrected chi connectivity index (χ1v) is 29.4. The molecule has 2 unspecified atom stereocenters. The number of nitrogen functional groups attached to an aromatic ring is 2. The van der Waals surface area contributed by atoms with E-state index in [1.165, 1.54) is 21.8 Å². The van der Waals surface area contributed by atoms with Crippen LogP contribution >= 0.6 is 45.8 Å². The number of nitrogens with one attached hydrogen (secondary N) is 2. The number of ether oxygens (including phenoxy) is 4. The van der Waals surface area contributed by atoms with E-state index < -0.39 is 67.0 Å². The van der Waals surface area contributed by atoms with Gasteiger partial charge in [0.15, 0.2) is 62.9 Å². The Bertz CT molecular complexity index is 3540. The van der Waals surface area contributed by atoms with Crippen LogP contribution in [-0.4, -0.2) is 168 Å². The lowest BCUT2D eigenvalue weighted by Gasteiger charge is -2.30. The minimum Gasteiger partial charge on any atom is -0.409 e. The molecule has 8 heterocycles. The first-order chi connectivity index (χ1) is 40.9. The molecule has 8 atom stereocenters. The zero-order chi connectivity index (χ0) is 60.1. The zero-order valence-corrected chi connectivity index (χ0v) is 49.2. The second-order valence-electron chi connectivity index (χ2n) is 21.3. The Morgan fingerprint density at radius 2 is 1.07 bits per heavy atom. The molecular formula is C56H61Cl2IN14O12. The molecule has 4 saturated heterocycles. The van der Waals surface area contributed by atoms with Crippen LogP contribution in [0.2, 0.25) is 10.0 Å². The van der Waals surface area contributed by atoms with E-state index in [2.05, 4.69) is 58.3 Å².